The number of amides is 1. The number of carbonyl (C=O) groups is 1. The van der Waals surface area contributed by atoms with Crippen molar-refractivity contribution >= 4 is 5.91 Å². The Morgan fingerprint density at radius 2 is 2.11 bits per heavy atom. The van der Waals surface area contributed by atoms with Crippen molar-refractivity contribution in [2.45, 2.75) is 18.4 Å². The molecule has 142 valence electrons. The third-order valence-electron chi connectivity index (χ3n) is 5.61. The molecule has 2 aliphatic rings. The number of nitrogens with zero attached hydrogens (tertiary/aromatic N) is 4. The van der Waals surface area contributed by atoms with Crippen LogP contribution in [0.2, 0.25) is 0 Å². The maximum absolute atomic E-state index is 13.0. The first-order valence-corrected chi connectivity index (χ1v) is 9.23. The van der Waals surface area contributed by atoms with Gasteiger partial charge in [0.25, 0.3) is 11.5 Å². The van der Waals surface area contributed by atoms with E-state index in [9.17, 15) is 14.7 Å². The summed E-state index contributed by atoms with van der Waals surface area (Å²) in [4.78, 5) is 33.4. The van der Waals surface area contributed by atoms with Crippen molar-refractivity contribution in [2.24, 2.45) is 5.92 Å². The molecular weight excluding hydrogens is 344 g/mol. The number of piperidine rings is 1. The summed E-state index contributed by atoms with van der Waals surface area (Å²) in [6, 6.07) is 6.93. The monoisotopic (exact) mass is 368 g/mol. The molecule has 0 aromatic carbocycles. The summed E-state index contributed by atoms with van der Waals surface area (Å²) in [5.74, 6) is 0.224. The van der Waals surface area contributed by atoms with Gasteiger partial charge in [-0.1, -0.05) is 6.07 Å². The van der Waals surface area contributed by atoms with Gasteiger partial charge in [-0.25, -0.2) is 0 Å². The number of hydrogen-bond acceptors (Lipinski definition) is 5. The minimum atomic E-state index is -0.122. The fraction of sp³-hybridized carbons (Fsp3) is 0.450. The summed E-state index contributed by atoms with van der Waals surface area (Å²) >= 11 is 0. The number of aromatic hydroxyl groups is 1. The highest BCUT2D eigenvalue weighted by atomic mass is 16.3. The first-order chi connectivity index (χ1) is 12.9. The lowest BCUT2D eigenvalue weighted by molar-refractivity contribution is 0.0498. The van der Waals surface area contributed by atoms with Gasteiger partial charge in [-0.2, -0.15) is 0 Å². The minimum absolute atomic E-state index is 0.0135. The second-order valence-electron chi connectivity index (χ2n) is 7.82. The molecule has 0 radical (unpaired) electrons. The molecule has 1 amide bonds. The third-order valence-corrected chi connectivity index (χ3v) is 5.61. The Balaban J connectivity index is 1.69. The smallest absolute Gasteiger partial charge is 0.255 e. The number of hydrogen-bond donors (Lipinski definition) is 1. The molecule has 2 aliphatic heterocycles. The maximum Gasteiger partial charge on any atom is 0.255 e. The van der Waals surface area contributed by atoms with Gasteiger partial charge < -0.3 is 19.5 Å². The summed E-state index contributed by atoms with van der Waals surface area (Å²) in [6.45, 7) is 1.93. The van der Waals surface area contributed by atoms with Crippen LogP contribution in [0.5, 0.6) is 5.75 Å². The summed E-state index contributed by atoms with van der Waals surface area (Å²) in [5.41, 5.74) is 1.44. The Bertz CT molecular complexity index is 923. The lowest BCUT2D eigenvalue weighted by atomic mass is 9.78. The van der Waals surface area contributed by atoms with E-state index in [0.29, 0.717) is 18.7 Å². The Morgan fingerprint density at radius 1 is 1.30 bits per heavy atom. The van der Waals surface area contributed by atoms with Gasteiger partial charge in [0.2, 0.25) is 0 Å². The van der Waals surface area contributed by atoms with Crippen LogP contribution in [-0.4, -0.2) is 64.1 Å². The van der Waals surface area contributed by atoms with Crippen molar-refractivity contribution in [3.05, 3.63) is 58.3 Å². The molecule has 0 aliphatic carbocycles. The number of rotatable bonds is 3. The largest absolute Gasteiger partial charge is 0.506 e. The summed E-state index contributed by atoms with van der Waals surface area (Å²) in [7, 11) is 4.01. The molecular formula is C20H24N4O3. The molecule has 7 heteroatoms. The molecule has 0 spiro atoms. The molecule has 27 heavy (non-hydrogen) atoms. The normalized spacial score (nSPS) is 24.0. The highest BCUT2D eigenvalue weighted by molar-refractivity contribution is 5.94. The van der Waals surface area contributed by atoms with Crippen molar-refractivity contribution in [3.63, 3.8) is 0 Å². The fourth-order valence-electron chi connectivity index (χ4n) is 4.54. The Morgan fingerprint density at radius 3 is 2.85 bits per heavy atom. The van der Waals surface area contributed by atoms with E-state index >= 15 is 0 Å². The maximum atomic E-state index is 13.0. The molecule has 0 unspecified atom stereocenters. The molecule has 1 fully saturated rings. The number of likely N-dealkylation sites (tertiary alicyclic amines) is 1. The molecule has 1 saturated heterocycles. The quantitative estimate of drug-likeness (QED) is 0.884. The van der Waals surface area contributed by atoms with Crippen molar-refractivity contribution in [1.29, 1.82) is 0 Å². The van der Waals surface area contributed by atoms with Crippen LogP contribution in [0.15, 0.2) is 41.5 Å². The zero-order valence-corrected chi connectivity index (χ0v) is 15.6. The average Bonchev–Trinajstić information content (AvgIpc) is 2.64. The topological polar surface area (TPSA) is 78.7 Å². The predicted octanol–water partition coefficient (Wildman–Crippen LogP) is 1.31. The van der Waals surface area contributed by atoms with Gasteiger partial charge in [0, 0.05) is 43.5 Å². The van der Waals surface area contributed by atoms with E-state index in [1.165, 1.54) is 18.5 Å². The van der Waals surface area contributed by atoms with Gasteiger partial charge in [0.15, 0.2) is 0 Å². The lowest BCUT2D eigenvalue weighted by Crippen LogP contribution is -2.52. The van der Waals surface area contributed by atoms with Gasteiger partial charge in [0.05, 0.1) is 17.8 Å². The standard InChI is InChI=1S/C20H24N4O3/c1-22(2)12-18-15-6-14(17-4-3-5-19(26)24(17)18)10-23(11-15)20(27)13-7-16(25)9-21-8-13/h3-5,7-9,14-15,18,25H,6,10-12H2,1-2H3/t14-,15+,18+/m1/s1. The van der Waals surface area contributed by atoms with Gasteiger partial charge >= 0.3 is 0 Å². The van der Waals surface area contributed by atoms with Crippen LogP contribution in [0.4, 0.5) is 0 Å². The highest BCUT2D eigenvalue weighted by Gasteiger charge is 2.42. The van der Waals surface area contributed by atoms with Gasteiger partial charge in [0.1, 0.15) is 5.75 Å². The van der Waals surface area contributed by atoms with Crippen LogP contribution in [0.25, 0.3) is 0 Å². The Hall–Kier alpha value is -2.67. The first kappa shape index (κ1) is 17.7. The van der Waals surface area contributed by atoms with Crippen molar-refractivity contribution in [1.82, 2.24) is 19.4 Å². The molecule has 1 N–H and O–H groups in total. The summed E-state index contributed by atoms with van der Waals surface area (Å²) in [6.07, 6.45) is 3.78. The molecule has 0 saturated carbocycles. The van der Waals surface area contributed by atoms with E-state index < -0.39 is 0 Å². The summed E-state index contributed by atoms with van der Waals surface area (Å²) in [5, 5.41) is 9.65. The van der Waals surface area contributed by atoms with Gasteiger partial charge in [-0.15, -0.1) is 0 Å². The second kappa shape index (κ2) is 6.81. The third kappa shape index (κ3) is 3.23. The van der Waals surface area contributed by atoms with Crippen LogP contribution in [0, 0.1) is 5.92 Å². The van der Waals surface area contributed by atoms with Crippen LogP contribution < -0.4 is 5.56 Å². The number of carbonyl (C=O) groups excluding carboxylic acids is 1. The van der Waals surface area contributed by atoms with E-state index in [4.69, 9.17) is 0 Å². The van der Waals surface area contributed by atoms with Gasteiger partial charge in [-0.05, 0) is 38.6 Å². The van der Waals surface area contributed by atoms with Crippen molar-refractivity contribution < 1.29 is 9.90 Å². The average molecular weight is 368 g/mol. The molecule has 2 aromatic heterocycles. The van der Waals surface area contributed by atoms with E-state index in [1.54, 1.807) is 12.1 Å². The molecule has 2 aromatic rings. The SMILES string of the molecule is CN(C)C[C@H]1[C@H]2C[C@H](CN(C(=O)c3cncc(O)c3)C2)c2cccc(=O)n21. The van der Waals surface area contributed by atoms with E-state index in [1.807, 2.05) is 29.6 Å². The Labute approximate surface area is 157 Å². The van der Waals surface area contributed by atoms with E-state index in [0.717, 1.165) is 18.7 Å². The van der Waals surface area contributed by atoms with E-state index in [-0.39, 0.29) is 35.1 Å². The van der Waals surface area contributed by atoms with Crippen molar-refractivity contribution in [2.75, 3.05) is 33.7 Å². The molecule has 7 nitrogen and oxygen atoms in total. The molecule has 2 bridgehead atoms. The Kier molecular flexibility index (Phi) is 4.47. The number of pyridine rings is 2. The molecule has 4 rings (SSSR count). The zero-order valence-electron chi connectivity index (χ0n) is 15.6. The second-order valence-corrected chi connectivity index (χ2v) is 7.82. The molecule has 4 heterocycles. The first-order valence-electron chi connectivity index (χ1n) is 9.23. The van der Waals surface area contributed by atoms with Crippen LogP contribution in [0.1, 0.15) is 34.4 Å². The van der Waals surface area contributed by atoms with Crippen LogP contribution in [0.3, 0.4) is 0 Å². The van der Waals surface area contributed by atoms with Crippen LogP contribution >= 0.6 is 0 Å². The highest BCUT2D eigenvalue weighted by Crippen LogP contribution is 2.41. The number of fused-ring (bicyclic) bond motifs is 4. The van der Waals surface area contributed by atoms with Crippen LogP contribution in [-0.2, 0) is 0 Å². The lowest BCUT2D eigenvalue weighted by Gasteiger charge is -2.47. The number of aromatic nitrogens is 2. The van der Waals surface area contributed by atoms with Crippen molar-refractivity contribution in [3.8, 4) is 5.75 Å². The zero-order chi connectivity index (χ0) is 19.1. The summed E-state index contributed by atoms with van der Waals surface area (Å²) < 4.78 is 1.94. The number of likely N-dealkylation sites (N-methyl/N-ethyl adjacent to an activating group) is 1. The van der Waals surface area contributed by atoms with E-state index in [2.05, 4.69) is 9.88 Å². The molecule has 3 atom stereocenters. The minimum Gasteiger partial charge on any atom is -0.506 e. The van der Waals surface area contributed by atoms with Gasteiger partial charge in [-0.3, -0.25) is 14.6 Å². The fourth-order valence-corrected chi connectivity index (χ4v) is 4.54. The predicted molar refractivity (Wildman–Crippen MR) is 101 cm³/mol.